The summed E-state index contributed by atoms with van der Waals surface area (Å²) in [5.41, 5.74) is 2.07. The molecular weight excluding hydrogens is 399 g/mol. The Balaban J connectivity index is 1.92. The monoisotopic (exact) mass is 410 g/mol. The highest BCUT2D eigenvalue weighted by Gasteiger charge is 2.35. The normalized spacial score (nSPS) is 14.7. The molecule has 1 aliphatic rings. The number of amides is 1. The van der Waals surface area contributed by atoms with Gasteiger partial charge in [0.25, 0.3) is 5.91 Å². The molecule has 134 valence electrons. The van der Waals surface area contributed by atoms with Crippen LogP contribution in [0.2, 0.25) is 10.0 Å². The molecule has 0 saturated heterocycles. The second-order valence-electron chi connectivity index (χ2n) is 5.52. The fraction of sp³-hybridized carbons (Fsp3) is 0.167. The van der Waals surface area contributed by atoms with Gasteiger partial charge in [-0.1, -0.05) is 40.5 Å². The molecule has 0 spiro atoms. The van der Waals surface area contributed by atoms with Gasteiger partial charge in [0.1, 0.15) is 0 Å². The molecule has 0 unspecified atom stereocenters. The predicted molar refractivity (Wildman–Crippen MR) is 102 cm³/mol. The average Bonchev–Trinajstić information content (AvgIpc) is 2.86. The molecular formula is C18H13Cl3N2O3. The highest BCUT2D eigenvalue weighted by molar-refractivity contribution is 6.54. The molecule has 1 heterocycles. The van der Waals surface area contributed by atoms with Crippen molar-refractivity contribution < 1.29 is 14.4 Å². The quantitative estimate of drug-likeness (QED) is 0.416. The number of carbonyl (C=O) groups excluding carboxylic acids is 2. The molecule has 2 aromatic rings. The summed E-state index contributed by atoms with van der Waals surface area (Å²) >= 11 is 17.4. The smallest absolute Gasteiger partial charge is 0.317 e. The molecule has 2 aromatic carbocycles. The fourth-order valence-electron chi connectivity index (χ4n) is 2.52. The maximum Gasteiger partial charge on any atom is 0.336 e. The summed E-state index contributed by atoms with van der Waals surface area (Å²) in [5, 5.41) is 4.81. The lowest BCUT2D eigenvalue weighted by Gasteiger charge is -2.17. The summed E-state index contributed by atoms with van der Waals surface area (Å²) < 4.78 is 0. The van der Waals surface area contributed by atoms with E-state index < -0.39 is 5.97 Å². The van der Waals surface area contributed by atoms with Crippen molar-refractivity contribution in [3.63, 3.8) is 0 Å². The molecule has 0 N–H and O–H groups in total. The van der Waals surface area contributed by atoms with Crippen molar-refractivity contribution in [2.24, 2.45) is 5.16 Å². The van der Waals surface area contributed by atoms with Crippen LogP contribution >= 0.6 is 34.8 Å². The zero-order chi connectivity index (χ0) is 18.7. The Labute approximate surface area is 165 Å². The minimum absolute atomic E-state index is 0.00339. The number of anilines is 1. The summed E-state index contributed by atoms with van der Waals surface area (Å²) in [6.07, 6.45) is 0.00339. The fourth-order valence-corrected chi connectivity index (χ4v) is 2.98. The van der Waals surface area contributed by atoms with Crippen molar-refractivity contribution in [2.75, 3.05) is 10.8 Å². The lowest BCUT2D eigenvalue weighted by molar-refractivity contribution is -0.143. The standard InChI is InChI=1S/C18H13Cl3N2O3/c19-8-7-16(24)26-22-17-14-9-13(21)5-6-15(14)23(18(17)25)10-11-1-3-12(20)4-2-11/h1-6,9H,7-8,10H2/b22-17-. The summed E-state index contributed by atoms with van der Waals surface area (Å²) in [6.45, 7) is 0.319. The van der Waals surface area contributed by atoms with Gasteiger partial charge in [-0.05, 0) is 35.9 Å². The number of oxime groups is 1. The molecule has 0 bridgehead atoms. The summed E-state index contributed by atoms with van der Waals surface area (Å²) in [6, 6.07) is 12.2. The van der Waals surface area contributed by atoms with Crippen LogP contribution in [0.5, 0.6) is 0 Å². The first-order valence-electron chi connectivity index (χ1n) is 7.69. The van der Waals surface area contributed by atoms with Gasteiger partial charge in [-0.15, -0.1) is 11.6 Å². The maximum absolute atomic E-state index is 12.8. The van der Waals surface area contributed by atoms with Gasteiger partial charge in [0, 0.05) is 21.5 Å². The van der Waals surface area contributed by atoms with Gasteiger partial charge in [0.15, 0.2) is 5.71 Å². The Kier molecular flexibility index (Phi) is 5.81. The van der Waals surface area contributed by atoms with Gasteiger partial charge in [-0.25, -0.2) is 4.79 Å². The van der Waals surface area contributed by atoms with Crippen molar-refractivity contribution in [3.05, 3.63) is 63.6 Å². The van der Waals surface area contributed by atoms with Gasteiger partial charge >= 0.3 is 5.97 Å². The third-order valence-corrected chi connectivity index (χ3v) is 4.42. The van der Waals surface area contributed by atoms with Crippen LogP contribution in [0.3, 0.4) is 0 Å². The largest absolute Gasteiger partial charge is 0.336 e. The van der Waals surface area contributed by atoms with Crippen molar-refractivity contribution in [1.82, 2.24) is 0 Å². The Bertz CT molecular complexity index is 882. The number of fused-ring (bicyclic) bond motifs is 1. The molecule has 26 heavy (non-hydrogen) atoms. The number of hydrogen-bond donors (Lipinski definition) is 0. The number of benzene rings is 2. The van der Waals surface area contributed by atoms with E-state index in [1.807, 2.05) is 12.1 Å². The molecule has 0 fully saturated rings. The SMILES string of the molecule is O=C(CCCl)O/N=C1\C(=O)N(Cc2ccc(Cl)cc2)c2ccc(Cl)cc21. The van der Waals surface area contributed by atoms with Gasteiger partial charge < -0.3 is 9.74 Å². The predicted octanol–water partition coefficient (Wildman–Crippen LogP) is 4.42. The molecule has 1 amide bonds. The van der Waals surface area contributed by atoms with Crippen LogP contribution < -0.4 is 4.90 Å². The summed E-state index contributed by atoms with van der Waals surface area (Å²) in [7, 11) is 0. The maximum atomic E-state index is 12.8. The van der Waals surface area contributed by atoms with E-state index in [1.54, 1.807) is 35.2 Å². The lowest BCUT2D eigenvalue weighted by Crippen LogP contribution is -2.29. The van der Waals surface area contributed by atoms with Crippen molar-refractivity contribution in [2.45, 2.75) is 13.0 Å². The van der Waals surface area contributed by atoms with E-state index in [-0.39, 0.29) is 23.9 Å². The lowest BCUT2D eigenvalue weighted by atomic mass is 10.1. The van der Waals surface area contributed by atoms with Crippen LogP contribution in [-0.4, -0.2) is 23.5 Å². The van der Waals surface area contributed by atoms with E-state index in [4.69, 9.17) is 39.6 Å². The highest BCUT2D eigenvalue weighted by Crippen LogP contribution is 2.33. The minimum atomic E-state index is -0.611. The molecule has 0 saturated carbocycles. The van der Waals surface area contributed by atoms with Crippen LogP contribution in [0.15, 0.2) is 47.6 Å². The zero-order valence-electron chi connectivity index (χ0n) is 13.4. The second-order valence-corrected chi connectivity index (χ2v) is 6.77. The Morgan fingerprint density at radius 1 is 1.08 bits per heavy atom. The van der Waals surface area contributed by atoms with E-state index >= 15 is 0 Å². The van der Waals surface area contributed by atoms with Crippen molar-refractivity contribution >= 4 is 58.1 Å². The van der Waals surface area contributed by atoms with E-state index in [2.05, 4.69) is 5.16 Å². The van der Waals surface area contributed by atoms with Gasteiger partial charge in [-0.2, -0.15) is 0 Å². The van der Waals surface area contributed by atoms with Crippen molar-refractivity contribution in [3.8, 4) is 0 Å². The van der Waals surface area contributed by atoms with E-state index in [0.29, 0.717) is 27.8 Å². The molecule has 1 aliphatic heterocycles. The second kappa shape index (κ2) is 8.08. The number of carbonyl (C=O) groups is 2. The summed E-state index contributed by atoms with van der Waals surface area (Å²) in [4.78, 5) is 30.7. The Hall–Kier alpha value is -2.08. The van der Waals surface area contributed by atoms with Crippen molar-refractivity contribution in [1.29, 1.82) is 0 Å². The number of halogens is 3. The van der Waals surface area contributed by atoms with Crippen LogP contribution in [0.1, 0.15) is 17.5 Å². The number of nitrogens with zero attached hydrogens (tertiary/aromatic N) is 2. The number of alkyl halides is 1. The molecule has 0 aromatic heterocycles. The molecule has 0 aliphatic carbocycles. The van der Waals surface area contributed by atoms with Gasteiger partial charge in [0.2, 0.25) is 0 Å². The average molecular weight is 412 g/mol. The summed E-state index contributed by atoms with van der Waals surface area (Å²) in [5.74, 6) is -0.876. The minimum Gasteiger partial charge on any atom is -0.317 e. The van der Waals surface area contributed by atoms with Gasteiger partial charge in [0.05, 0.1) is 18.7 Å². The third kappa shape index (κ3) is 4.01. The Morgan fingerprint density at radius 3 is 2.46 bits per heavy atom. The molecule has 0 atom stereocenters. The third-order valence-electron chi connectivity index (χ3n) is 3.74. The van der Waals surface area contributed by atoms with E-state index in [9.17, 15) is 9.59 Å². The topological polar surface area (TPSA) is 59.0 Å². The van der Waals surface area contributed by atoms with Crippen LogP contribution in [0, 0.1) is 0 Å². The van der Waals surface area contributed by atoms with Crippen LogP contribution in [0.25, 0.3) is 0 Å². The number of rotatable bonds is 5. The first-order valence-corrected chi connectivity index (χ1v) is 8.98. The Morgan fingerprint density at radius 2 is 1.77 bits per heavy atom. The van der Waals surface area contributed by atoms with Gasteiger partial charge in [-0.3, -0.25) is 4.79 Å². The van der Waals surface area contributed by atoms with E-state index in [1.165, 1.54) is 0 Å². The zero-order valence-corrected chi connectivity index (χ0v) is 15.7. The molecule has 3 rings (SSSR count). The van der Waals surface area contributed by atoms with Crippen LogP contribution in [-0.2, 0) is 21.0 Å². The molecule has 0 radical (unpaired) electrons. The highest BCUT2D eigenvalue weighted by atomic mass is 35.5. The molecule has 8 heteroatoms. The molecule has 5 nitrogen and oxygen atoms in total. The first-order chi connectivity index (χ1) is 12.5. The van der Waals surface area contributed by atoms with E-state index in [0.717, 1.165) is 5.56 Å². The first kappa shape index (κ1) is 18.7. The number of hydrogen-bond acceptors (Lipinski definition) is 4. The van der Waals surface area contributed by atoms with Crippen LogP contribution in [0.4, 0.5) is 5.69 Å².